The smallest absolute Gasteiger partial charge is 0.123 e. The van der Waals surface area contributed by atoms with E-state index in [4.69, 9.17) is 4.74 Å². The minimum absolute atomic E-state index is 0.154. The highest BCUT2D eigenvalue weighted by molar-refractivity contribution is 5.46. The second kappa shape index (κ2) is 4.74. The van der Waals surface area contributed by atoms with Gasteiger partial charge in [-0.15, -0.1) is 0 Å². The summed E-state index contributed by atoms with van der Waals surface area (Å²) in [6.45, 7) is 8.67. The molecule has 2 saturated carbocycles. The molecule has 21 heavy (non-hydrogen) atoms. The van der Waals surface area contributed by atoms with E-state index in [1.807, 2.05) is 0 Å². The topological polar surface area (TPSA) is 21.3 Å². The summed E-state index contributed by atoms with van der Waals surface area (Å²) >= 11 is 0. The predicted molar refractivity (Wildman–Crippen MR) is 85.7 cm³/mol. The van der Waals surface area contributed by atoms with Gasteiger partial charge < -0.3 is 10.1 Å². The summed E-state index contributed by atoms with van der Waals surface area (Å²) < 4.78 is 5.84. The van der Waals surface area contributed by atoms with Crippen molar-refractivity contribution in [2.45, 2.75) is 51.5 Å². The van der Waals surface area contributed by atoms with Crippen LogP contribution in [0.5, 0.6) is 5.75 Å². The van der Waals surface area contributed by atoms with Gasteiger partial charge in [0.1, 0.15) is 5.75 Å². The highest BCUT2D eigenvalue weighted by Crippen LogP contribution is 2.62. The van der Waals surface area contributed by atoms with Gasteiger partial charge in [-0.1, -0.05) is 33.3 Å². The third-order valence-corrected chi connectivity index (χ3v) is 5.96. The average Bonchev–Trinajstić information content (AvgIpc) is 2.82. The van der Waals surface area contributed by atoms with Crippen molar-refractivity contribution in [3.63, 3.8) is 0 Å². The molecule has 3 unspecified atom stereocenters. The standard InChI is InChI=1S/C19H27NO/c1-4-20-18(17-13-6-5-7-14(13)17)12-8-9-16-15(10-12)19(2,3)11-21-16/h8-10,13-14,17-18,20H,4-7,11H2,1-3H3. The molecule has 2 heteroatoms. The molecule has 0 aromatic heterocycles. The lowest BCUT2D eigenvalue weighted by Gasteiger charge is -2.23. The summed E-state index contributed by atoms with van der Waals surface area (Å²) in [6.07, 6.45) is 4.36. The molecule has 3 aliphatic rings. The number of fused-ring (bicyclic) bond motifs is 2. The zero-order chi connectivity index (χ0) is 14.6. The average molecular weight is 285 g/mol. The highest BCUT2D eigenvalue weighted by atomic mass is 16.5. The second-order valence-corrected chi connectivity index (χ2v) is 7.80. The molecule has 0 saturated heterocycles. The van der Waals surface area contributed by atoms with Crippen LogP contribution in [0.2, 0.25) is 0 Å². The maximum absolute atomic E-state index is 5.84. The molecule has 0 bridgehead atoms. The lowest BCUT2D eigenvalue weighted by atomic mass is 9.84. The Bertz CT molecular complexity index is 540. The number of ether oxygens (including phenoxy) is 1. The zero-order valence-electron chi connectivity index (χ0n) is 13.5. The molecule has 2 aliphatic carbocycles. The predicted octanol–water partition coefficient (Wildman–Crippen LogP) is 4.05. The Hall–Kier alpha value is -1.02. The minimum Gasteiger partial charge on any atom is -0.492 e. The van der Waals surface area contributed by atoms with Crippen molar-refractivity contribution in [2.24, 2.45) is 17.8 Å². The molecular weight excluding hydrogens is 258 g/mol. The molecule has 0 spiro atoms. The van der Waals surface area contributed by atoms with Crippen molar-refractivity contribution >= 4 is 0 Å². The second-order valence-electron chi connectivity index (χ2n) is 7.80. The van der Waals surface area contributed by atoms with Crippen LogP contribution in [-0.2, 0) is 5.41 Å². The van der Waals surface area contributed by atoms with E-state index >= 15 is 0 Å². The van der Waals surface area contributed by atoms with Crippen molar-refractivity contribution in [1.29, 1.82) is 0 Å². The van der Waals surface area contributed by atoms with Gasteiger partial charge in [-0.2, -0.15) is 0 Å². The van der Waals surface area contributed by atoms with E-state index in [0.717, 1.165) is 36.7 Å². The number of rotatable bonds is 4. The Morgan fingerprint density at radius 1 is 1.29 bits per heavy atom. The monoisotopic (exact) mass is 285 g/mol. The van der Waals surface area contributed by atoms with E-state index in [2.05, 4.69) is 44.3 Å². The lowest BCUT2D eigenvalue weighted by molar-refractivity contribution is 0.291. The molecule has 1 heterocycles. The highest BCUT2D eigenvalue weighted by Gasteiger charge is 2.56. The third kappa shape index (κ3) is 2.11. The van der Waals surface area contributed by atoms with Gasteiger partial charge in [0.2, 0.25) is 0 Å². The van der Waals surface area contributed by atoms with Crippen LogP contribution in [0.1, 0.15) is 57.2 Å². The molecule has 2 fully saturated rings. The van der Waals surface area contributed by atoms with E-state index in [0.29, 0.717) is 6.04 Å². The quantitative estimate of drug-likeness (QED) is 0.901. The van der Waals surface area contributed by atoms with Gasteiger partial charge in [0, 0.05) is 17.0 Å². The lowest BCUT2D eigenvalue weighted by Crippen LogP contribution is -2.25. The molecule has 0 radical (unpaired) electrons. The maximum Gasteiger partial charge on any atom is 0.123 e. The van der Waals surface area contributed by atoms with Crippen LogP contribution in [0.3, 0.4) is 0 Å². The van der Waals surface area contributed by atoms with Crippen LogP contribution < -0.4 is 10.1 Å². The SMILES string of the molecule is CCNC(c1ccc2c(c1)C(C)(C)CO2)C1C2CCCC21. The number of hydrogen-bond acceptors (Lipinski definition) is 2. The fourth-order valence-corrected chi connectivity index (χ4v) is 4.80. The summed E-state index contributed by atoms with van der Waals surface area (Å²) in [6, 6.07) is 7.46. The first-order valence-corrected chi connectivity index (χ1v) is 8.62. The van der Waals surface area contributed by atoms with Crippen molar-refractivity contribution in [3.05, 3.63) is 29.3 Å². The van der Waals surface area contributed by atoms with Crippen LogP contribution in [0.15, 0.2) is 18.2 Å². The minimum atomic E-state index is 0.154. The molecule has 1 N–H and O–H groups in total. The van der Waals surface area contributed by atoms with E-state index in [1.165, 1.54) is 30.4 Å². The number of nitrogens with one attached hydrogen (secondary N) is 1. The van der Waals surface area contributed by atoms with Gasteiger partial charge in [-0.05, 0) is 54.8 Å². The van der Waals surface area contributed by atoms with Gasteiger partial charge in [0.05, 0.1) is 6.61 Å². The molecular formula is C19H27NO. The molecule has 1 aromatic carbocycles. The molecule has 1 aromatic rings. The zero-order valence-corrected chi connectivity index (χ0v) is 13.5. The van der Waals surface area contributed by atoms with Crippen molar-refractivity contribution in [3.8, 4) is 5.75 Å². The van der Waals surface area contributed by atoms with E-state index in [9.17, 15) is 0 Å². The van der Waals surface area contributed by atoms with E-state index in [-0.39, 0.29) is 5.41 Å². The van der Waals surface area contributed by atoms with Crippen molar-refractivity contribution < 1.29 is 4.74 Å². The van der Waals surface area contributed by atoms with Crippen LogP contribution >= 0.6 is 0 Å². The molecule has 4 rings (SSSR count). The fraction of sp³-hybridized carbons (Fsp3) is 0.684. The van der Waals surface area contributed by atoms with E-state index in [1.54, 1.807) is 0 Å². The molecule has 0 amide bonds. The summed E-state index contributed by atoms with van der Waals surface area (Å²) in [7, 11) is 0. The summed E-state index contributed by atoms with van der Waals surface area (Å²) in [5.74, 6) is 3.95. The largest absolute Gasteiger partial charge is 0.492 e. The Balaban J connectivity index is 1.65. The number of benzene rings is 1. The Labute approximate surface area is 128 Å². The first kappa shape index (κ1) is 13.6. The number of hydrogen-bond donors (Lipinski definition) is 1. The summed E-state index contributed by atoms with van der Waals surface area (Å²) in [5, 5.41) is 3.77. The van der Waals surface area contributed by atoms with Crippen LogP contribution in [0.4, 0.5) is 0 Å². The first-order valence-electron chi connectivity index (χ1n) is 8.62. The van der Waals surface area contributed by atoms with Crippen LogP contribution in [-0.4, -0.2) is 13.2 Å². The fourth-order valence-electron chi connectivity index (χ4n) is 4.80. The van der Waals surface area contributed by atoms with Gasteiger partial charge in [0.15, 0.2) is 0 Å². The molecule has 3 atom stereocenters. The van der Waals surface area contributed by atoms with Crippen molar-refractivity contribution in [1.82, 2.24) is 5.32 Å². The molecule has 114 valence electrons. The normalized spacial score (nSPS) is 33.2. The Morgan fingerprint density at radius 2 is 2.05 bits per heavy atom. The summed E-state index contributed by atoms with van der Waals surface area (Å²) in [4.78, 5) is 0. The van der Waals surface area contributed by atoms with Crippen LogP contribution in [0, 0.1) is 17.8 Å². The van der Waals surface area contributed by atoms with E-state index < -0.39 is 0 Å². The maximum atomic E-state index is 5.84. The Kier molecular flexibility index (Phi) is 3.08. The van der Waals surface area contributed by atoms with Gasteiger partial charge in [-0.25, -0.2) is 0 Å². The molecule has 1 aliphatic heterocycles. The van der Waals surface area contributed by atoms with Gasteiger partial charge in [-0.3, -0.25) is 0 Å². The third-order valence-electron chi connectivity index (χ3n) is 5.96. The van der Waals surface area contributed by atoms with Gasteiger partial charge in [0.25, 0.3) is 0 Å². The summed E-state index contributed by atoms with van der Waals surface area (Å²) in [5.41, 5.74) is 3.03. The van der Waals surface area contributed by atoms with Crippen LogP contribution in [0.25, 0.3) is 0 Å². The molecule has 2 nitrogen and oxygen atoms in total. The van der Waals surface area contributed by atoms with Crippen molar-refractivity contribution in [2.75, 3.05) is 13.2 Å². The van der Waals surface area contributed by atoms with Gasteiger partial charge >= 0.3 is 0 Å². The first-order chi connectivity index (χ1) is 10.1. The Morgan fingerprint density at radius 3 is 2.76 bits per heavy atom.